The lowest BCUT2D eigenvalue weighted by Crippen LogP contribution is -2.38. The van der Waals surface area contributed by atoms with Crippen LogP contribution in [-0.4, -0.2) is 22.0 Å². The molecule has 2 N–H and O–H groups in total. The molecule has 4 nitrogen and oxygen atoms in total. The Labute approximate surface area is 107 Å². The van der Waals surface area contributed by atoms with Gasteiger partial charge in [-0.15, -0.1) is 0 Å². The van der Waals surface area contributed by atoms with Gasteiger partial charge < -0.3 is 10.4 Å². The van der Waals surface area contributed by atoms with Crippen molar-refractivity contribution in [2.45, 2.75) is 45.1 Å². The number of aromatic nitrogens is 1. The maximum atomic E-state index is 12.0. The molecule has 1 aromatic rings. The van der Waals surface area contributed by atoms with Gasteiger partial charge in [0.05, 0.1) is 11.8 Å². The van der Waals surface area contributed by atoms with E-state index in [-0.39, 0.29) is 17.7 Å². The molecule has 1 aliphatic rings. The van der Waals surface area contributed by atoms with E-state index in [4.69, 9.17) is 0 Å². The Morgan fingerprint density at radius 1 is 1.44 bits per heavy atom. The normalized spacial score (nSPS) is 18.3. The van der Waals surface area contributed by atoms with Gasteiger partial charge in [-0.3, -0.25) is 9.78 Å². The number of rotatable bonds is 3. The molecule has 0 spiro atoms. The molecule has 1 atom stereocenters. The lowest BCUT2D eigenvalue weighted by molar-refractivity contribution is 0.0916. The van der Waals surface area contributed by atoms with Gasteiger partial charge >= 0.3 is 0 Å². The molecule has 4 heteroatoms. The molecule has 1 heterocycles. The predicted octanol–water partition coefficient (Wildman–Crippen LogP) is 2.49. The highest BCUT2D eigenvalue weighted by atomic mass is 16.3. The van der Waals surface area contributed by atoms with E-state index in [0.29, 0.717) is 11.5 Å². The van der Waals surface area contributed by atoms with Crippen LogP contribution in [-0.2, 0) is 0 Å². The largest absolute Gasteiger partial charge is 0.505 e. The van der Waals surface area contributed by atoms with Crippen molar-refractivity contribution in [1.82, 2.24) is 10.3 Å². The summed E-state index contributed by atoms with van der Waals surface area (Å²) in [5, 5.41) is 12.6. The summed E-state index contributed by atoms with van der Waals surface area (Å²) in [6.07, 6.45) is 8.99. The van der Waals surface area contributed by atoms with Crippen LogP contribution in [0, 0.1) is 5.92 Å². The number of carbonyl (C=O) groups excluding carboxylic acids is 1. The number of nitrogens with one attached hydrogen (secondary N) is 1. The fraction of sp³-hybridized carbons (Fsp3) is 0.571. The highest BCUT2D eigenvalue weighted by Gasteiger charge is 2.22. The monoisotopic (exact) mass is 248 g/mol. The van der Waals surface area contributed by atoms with Crippen LogP contribution in [0.5, 0.6) is 5.75 Å². The maximum Gasteiger partial charge on any atom is 0.255 e. The van der Waals surface area contributed by atoms with E-state index >= 15 is 0 Å². The quantitative estimate of drug-likeness (QED) is 0.863. The first-order valence-electron chi connectivity index (χ1n) is 6.62. The third-order valence-electron chi connectivity index (χ3n) is 3.76. The third-order valence-corrected chi connectivity index (χ3v) is 3.76. The Hall–Kier alpha value is -1.58. The number of nitrogens with zero attached hydrogens (tertiary/aromatic N) is 1. The van der Waals surface area contributed by atoms with Crippen molar-refractivity contribution >= 4 is 5.91 Å². The van der Waals surface area contributed by atoms with Crippen LogP contribution in [0.2, 0.25) is 0 Å². The average Bonchev–Trinajstić information content (AvgIpc) is 2.40. The van der Waals surface area contributed by atoms with Crippen molar-refractivity contribution in [1.29, 1.82) is 0 Å². The van der Waals surface area contributed by atoms with Crippen LogP contribution >= 0.6 is 0 Å². The smallest absolute Gasteiger partial charge is 0.255 e. The molecule has 0 radical (unpaired) electrons. The topological polar surface area (TPSA) is 62.2 Å². The van der Waals surface area contributed by atoms with Crippen molar-refractivity contribution in [3.63, 3.8) is 0 Å². The number of pyridine rings is 1. The van der Waals surface area contributed by atoms with Crippen molar-refractivity contribution < 1.29 is 9.90 Å². The van der Waals surface area contributed by atoms with Gasteiger partial charge in [0.25, 0.3) is 5.91 Å². The van der Waals surface area contributed by atoms with E-state index in [1.165, 1.54) is 50.6 Å². The van der Waals surface area contributed by atoms with Gasteiger partial charge in [-0.25, -0.2) is 0 Å². The second-order valence-electron chi connectivity index (χ2n) is 5.05. The van der Waals surface area contributed by atoms with Crippen LogP contribution in [0.4, 0.5) is 0 Å². The van der Waals surface area contributed by atoms with E-state index in [1.54, 1.807) is 0 Å². The van der Waals surface area contributed by atoms with Crippen LogP contribution < -0.4 is 5.32 Å². The van der Waals surface area contributed by atoms with Gasteiger partial charge in [0, 0.05) is 12.2 Å². The van der Waals surface area contributed by atoms with Crippen molar-refractivity contribution in [2.75, 3.05) is 0 Å². The minimum absolute atomic E-state index is 0.0640. The molecule has 0 bridgehead atoms. The number of carbonyl (C=O) groups is 1. The van der Waals surface area contributed by atoms with Crippen molar-refractivity contribution in [2.24, 2.45) is 5.92 Å². The van der Waals surface area contributed by atoms with Gasteiger partial charge in [-0.1, -0.05) is 19.3 Å². The fourth-order valence-corrected chi connectivity index (χ4v) is 2.61. The van der Waals surface area contributed by atoms with Gasteiger partial charge in [0.2, 0.25) is 0 Å². The Balaban J connectivity index is 1.96. The first-order chi connectivity index (χ1) is 8.68. The van der Waals surface area contributed by atoms with E-state index in [9.17, 15) is 9.90 Å². The molecule has 2 rings (SSSR count). The van der Waals surface area contributed by atoms with E-state index in [0.717, 1.165) is 0 Å². The highest BCUT2D eigenvalue weighted by molar-refractivity contribution is 5.96. The summed E-state index contributed by atoms with van der Waals surface area (Å²) in [6.45, 7) is 2.05. The first kappa shape index (κ1) is 12.9. The molecule has 1 saturated carbocycles. The Morgan fingerprint density at radius 3 is 2.83 bits per heavy atom. The maximum absolute atomic E-state index is 12.0. The Morgan fingerprint density at radius 2 is 2.17 bits per heavy atom. The molecule has 18 heavy (non-hydrogen) atoms. The summed E-state index contributed by atoms with van der Waals surface area (Å²) in [4.78, 5) is 15.8. The summed E-state index contributed by atoms with van der Waals surface area (Å²) >= 11 is 0. The van der Waals surface area contributed by atoms with E-state index in [2.05, 4.69) is 10.3 Å². The van der Waals surface area contributed by atoms with Crippen LogP contribution in [0.15, 0.2) is 18.5 Å². The first-order valence-corrected chi connectivity index (χ1v) is 6.62. The molecule has 0 aromatic carbocycles. The molecule has 1 fully saturated rings. The van der Waals surface area contributed by atoms with Gasteiger partial charge in [0.15, 0.2) is 0 Å². The average molecular weight is 248 g/mol. The second-order valence-corrected chi connectivity index (χ2v) is 5.05. The zero-order chi connectivity index (χ0) is 13.0. The Kier molecular flexibility index (Phi) is 4.18. The molecule has 1 aliphatic carbocycles. The van der Waals surface area contributed by atoms with Crippen LogP contribution in [0.1, 0.15) is 49.4 Å². The molecule has 1 unspecified atom stereocenters. The summed E-state index contributed by atoms with van der Waals surface area (Å²) in [5.41, 5.74) is 0.299. The van der Waals surface area contributed by atoms with E-state index < -0.39 is 0 Å². The zero-order valence-corrected chi connectivity index (χ0v) is 10.7. The summed E-state index contributed by atoms with van der Waals surface area (Å²) in [6, 6.07) is 1.70. The number of hydrogen-bond donors (Lipinski definition) is 2. The Bertz CT molecular complexity index is 414. The fourth-order valence-electron chi connectivity index (χ4n) is 2.61. The minimum Gasteiger partial charge on any atom is -0.505 e. The number of hydrogen-bond acceptors (Lipinski definition) is 3. The molecular weight excluding hydrogens is 228 g/mol. The number of aromatic hydroxyl groups is 1. The zero-order valence-electron chi connectivity index (χ0n) is 10.7. The minimum atomic E-state index is -0.215. The number of amides is 1. The lowest BCUT2D eigenvalue weighted by atomic mass is 9.84. The van der Waals surface area contributed by atoms with Crippen LogP contribution in [0.3, 0.4) is 0 Å². The van der Waals surface area contributed by atoms with Crippen molar-refractivity contribution in [3.05, 3.63) is 24.0 Å². The third kappa shape index (κ3) is 3.00. The van der Waals surface area contributed by atoms with Gasteiger partial charge in [-0.2, -0.15) is 0 Å². The molecule has 0 saturated heterocycles. The van der Waals surface area contributed by atoms with Crippen molar-refractivity contribution in [3.8, 4) is 5.75 Å². The van der Waals surface area contributed by atoms with Crippen LogP contribution in [0.25, 0.3) is 0 Å². The SMILES string of the molecule is CC(NC(=O)c1ccncc1O)C1CCCCC1. The molecule has 98 valence electrons. The predicted molar refractivity (Wildman–Crippen MR) is 69.4 cm³/mol. The lowest BCUT2D eigenvalue weighted by Gasteiger charge is -2.28. The summed E-state index contributed by atoms with van der Waals surface area (Å²) in [7, 11) is 0. The van der Waals surface area contributed by atoms with Gasteiger partial charge in [-0.05, 0) is 31.7 Å². The standard InChI is InChI=1S/C14H20N2O2/c1-10(11-5-3-2-4-6-11)16-14(18)12-7-8-15-9-13(12)17/h7-11,17H,2-6H2,1H3,(H,16,18). The molecule has 1 aromatic heterocycles. The molecule has 1 amide bonds. The summed E-state index contributed by atoms with van der Waals surface area (Å²) < 4.78 is 0. The molecular formula is C14H20N2O2. The van der Waals surface area contributed by atoms with Gasteiger partial charge in [0.1, 0.15) is 5.75 Å². The van der Waals surface area contributed by atoms with E-state index in [1.807, 2.05) is 6.92 Å². The second kappa shape index (κ2) is 5.85. The summed E-state index contributed by atoms with van der Waals surface area (Å²) in [5.74, 6) is 0.283. The molecule has 0 aliphatic heterocycles. The highest BCUT2D eigenvalue weighted by Crippen LogP contribution is 2.26.